The van der Waals surface area contributed by atoms with Crippen LogP contribution in [0.2, 0.25) is 0 Å². The molecule has 0 aliphatic carbocycles. The normalized spacial score (nSPS) is 14.9. The van der Waals surface area contributed by atoms with Crippen LogP contribution in [-0.4, -0.2) is 409 Å². The molecule has 1 aromatic carbocycles. The van der Waals surface area contributed by atoms with Gasteiger partial charge in [0, 0.05) is 86.4 Å². The van der Waals surface area contributed by atoms with E-state index in [9.17, 15) is 81.8 Å². The van der Waals surface area contributed by atoms with Crippen LogP contribution in [0.1, 0.15) is 140 Å². The first-order valence-corrected chi connectivity index (χ1v) is 47.7. The van der Waals surface area contributed by atoms with Crippen molar-refractivity contribution in [1.29, 1.82) is 0 Å². The number of alkyl carbamates (subject to hydrolysis) is 1. The van der Waals surface area contributed by atoms with Crippen LogP contribution in [0.4, 0.5) is 4.79 Å². The zero-order valence-corrected chi connectivity index (χ0v) is 84.7. The third kappa shape index (κ3) is 56.3. The molecule has 0 spiro atoms. The number of likely N-dealkylation sites (tertiary alicyclic amines) is 1. The largest absolute Gasteiger partial charge is 0.480 e. The number of carboxylic acids is 1. The quantitative estimate of drug-likeness (QED) is 0.0254. The van der Waals surface area contributed by atoms with Gasteiger partial charge in [-0.05, 0) is 82.0 Å². The van der Waals surface area contributed by atoms with Crippen LogP contribution in [0.25, 0.3) is 0 Å². The zero-order valence-electron chi connectivity index (χ0n) is 84.7. The summed E-state index contributed by atoms with van der Waals surface area (Å²) in [5, 5.41) is 42.9. The maximum absolute atomic E-state index is 14.6. The van der Waals surface area contributed by atoms with Gasteiger partial charge in [0.1, 0.15) is 30.8 Å². The zero-order chi connectivity index (χ0) is 104. The number of aliphatic carboxylic acids is 1. The molecule has 1 saturated heterocycles. The van der Waals surface area contributed by atoms with E-state index in [0.717, 1.165) is 5.56 Å². The van der Waals surface area contributed by atoms with E-state index in [0.29, 0.717) is 118 Å². The Bertz CT molecular complexity index is 3790. The van der Waals surface area contributed by atoms with E-state index < -0.39 is 184 Å². The summed E-state index contributed by atoms with van der Waals surface area (Å²) in [6, 6.07) is 2.07. The van der Waals surface area contributed by atoms with Crippen LogP contribution in [0.3, 0.4) is 0 Å². The number of amides is 14. The Hall–Kier alpha value is -9.98. The van der Waals surface area contributed by atoms with Gasteiger partial charge in [0.25, 0.3) is 0 Å². The molecule has 794 valence electrons. The number of likely N-dealkylation sites (N-methyl/N-ethyl adjacent to an activating group) is 2. The lowest BCUT2D eigenvalue weighted by molar-refractivity contribution is -0.148. The van der Waals surface area contributed by atoms with Gasteiger partial charge < -0.3 is 146 Å². The fourth-order valence-electron chi connectivity index (χ4n) is 14.4. The van der Waals surface area contributed by atoms with Crippen LogP contribution < -0.4 is 69.1 Å². The number of hydrogen-bond donors (Lipinski definition) is 14. The Balaban J connectivity index is 1.96. The molecule has 1 aliphatic heterocycles. The highest BCUT2D eigenvalue weighted by atomic mass is 16.6. The molecule has 14 N–H and O–H groups in total. The second-order valence-corrected chi connectivity index (χ2v) is 35.6. The number of ether oxygens (including phenoxy) is 13. The van der Waals surface area contributed by atoms with Crippen molar-refractivity contribution in [2.45, 2.75) is 201 Å². The number of nitrogens with zero attached hydrogens (tertiary/aromatic N) is 3. The fourth-order valence-corrected chi connectivity index (χ4v) is 14.4. The monoisotopic (exact) mass is 1980 g/mol. The Morgan fingerprint density at radius 1 is 0.496 bits per heavy atom. The van der Waals surface area contributed by atoms with Crippen LogP contribution in [-0.2, 0) is 140 Å². The number of hydrogen-bond acceptors (Lipinski definition) is 31. The molecule has 0 radical (unpaired) electrons. The predicted molar refractivity (Wildman–Crippen MR) is 509 cm³/mol. The molecular formula is C93H162N16O30. The molecular weight excluding hydrogens is 1820 g/mol. The Morgan fingerprint density at radius 2 is 1.02 bits per heavy atom. The van der Waals surface area contributed by atoms with Crippen molar-refractivity contribution in [3.05, 3.63) is 35.9 Å². The number of rotatable bonds is 78. The fraction of sp³-hybridized carbons (Fsp3) is 0.763. The van der Waals surface area contributed by atoms with Crippen LogP contribution in [0.5, 0.6) is 0 Å². The maximum atomic E-state index is 14.6. The second kappa shape index (κ2) is 73.2. The summed E-state index contributed by atoms with van der Waals surface area (Å²) in [5.74, 6) is -11.7. The van der Waals surface area contributed by atoms with Gasteiger partial charge in [0.15, 0.2) is 0 Å². The Kier molecular flexibility index (Phi) is 65.8. The maximum Gasteiger partial charge on any atom is 0.407 e. The first kappa shape index (κ1) is 125. The molecule has 0 aromatic heterocycles. The average Bonchev–Trinajstić information content (AvgIpc) is 1.40. The molecule has 46 nitrogen and oxygen atoms in total. The number of carbonyl (C=O) groups is 16. The van der Waals surface area contributed by atoms with Crippen molar-refractivity contribution in [3.63, 3.8) is 0 Å². The van der Waals surface area contributed by atoms with Crippen molar-refractivity contribution >= 4 is 94.8 Å². The molecule has 46 heteroatoms. The first-order chi connectivity index (χ1) is 66.2. The van der Waals surface area contributed by atoms with E-state index >= 15 is 0 Å². The molecule has 1 aliphatic rings. The van der Waals surface area contributed by atoms with Gasteiger partial charge in [-0.3, -0.25) is 67.2 Å². The van der Waals surface area contributed by atoms with E-state index in [1.54, 1.807) is 30.9 Å². The summed E-state index contributed by atoms with van der Waals surface area (Å²) >= 11 is 0. The summed E-state index contributed by atoms with van der Waals surface area (Å²) in [4.78, 5) is 215. The van der Waals surface area contributed by atoms with E-state index in [4.69, 9.17) is 61.6 Å². The molecule has 2 rings (SSSR count). The molecule has 12 atom stereocenters. The van der Waals surface area contributed by atoms with Crippen molar-refractivity contribution in [2.75, 3.05) is 233 Å². The van der Waals surface area contributed by atoms with E-state index in [1.807, 2.05) is 112 Å². The van der Waals surface area contributed by atoms with Gasteiger partial charge in [-0.2, -0.15) is 0 Å². The van der Waals surface area contributed by atoms with Crippen LogP contribution >= 0.6 is 0 Å². The molecule has 139 heavy (non-hydrogen) atoms. The summed E-state index contributed by atoms with van der Waals surface area (Å²) < 4.78 is 71.5. The lowest BCUT2D eigenvalue weighted by Crippen LogP contribution is -2.59. The third-order valence-electron chi connectivity index (χ3n) is 21.8. The standard InChI is InChI=1S/C93H162N16O30/c1-18-64(6)84(108(14)89(122)82(62(2)3)106-88(121)83(63(4)5)107(12)13)72(128-16)54-81(118)109-34-22-26-71(109)85(129-17)65(7)86(119)103-68(52-67-24-20-19-21-25-67)55-94-30-23-35-138-91(125)66(8)102-76(113)53-69(90(123)124)104-75(112)28-32-97-92(126)139-60-70(87(120)96-33-37-130-40-41-132-44-45-134-48-49-136-51-50-135-47-46-133-43-42-131-39-38-127-15)105-80(117)59-101-79(116)58-100-78(115)57-99-77(114)56-98-73(110)27-31-95-74(111)29-36-137-61-93(9,10)11/h19-21,24-25,62-66,68-72,82-85,94H,18,22-23,26-61H2,1-17H3,(H,95,111)(H,96,120)(H,97,126)(H,98,110)(H,99,114)(H,100,115)(H,101,116)(H,102,113)(H,103,119)(H,104,112)(H,105,117)(H,106,121)(H,123,124)/t64-,65+,66?,68-,69?,70?,71-,72+,82-,83-,84-,85+/m0/s1. The van der Waals surface area contributed by atoms with E-state index in [2.05, 4.69) is 69.1 Å². The van der Waals surface area contributed by atoms with E-state index in [-0.39, 0.29) is 138 Å². The second-order valence-electron chi connectivity index (χ2n) is 35.6. The molecule has 1 fully saturated rings. The summed E-state index contributed by atoms with van der Waals surface area (Å²) in [6.45, 7) is 23.4. The molecule has 1 aromatic rings. The lowest BCUT2D eigenvalue weighted by Gasteiger charge is -2.41. The third-order valence-corrected chi connectivity index (χ3v) is 21.8. The van der Waals surface area contributed by atoms with Gasteiger partial charge in [-0.1, -0.05) is 106 Å². The first-order valence-electron chi connectivity index (χ1n) is 47.7. The minimum atomic E-state index is -1.81. The van der Waals surface area contributed by atoms with Gasteiger partial charge in [-0.25, -0.2) is 14.4 Å². The number of benzene rings is 1. The molecule has 3 unspecified atom stereocenters. The molecule has 0 saturated carbocycles. The summed E-state index contributed by atoms with van der Waals surface area (Å²) in [6.07, 6.45) is -1.51. The Labute approximate surface area is 817 Å². The van der Waals surface area contributed by atoms with Crippen molar-refractivity contribution in [2.24, 2.45) is 29.1 Å². The SMILES string of the molecule is CC[C@H](C)[C@@H]([C@@H](CC(=O)N1CCC[C@H]1[C@H](OC)[C@@H](C)C(=O)N[C@H](CNCCCOC(=O)C(C)NC(=O)CC(NC(=O)CCNC(=O)OCC(NC(=O)CNC(=O)CNC(=O)CNC(=O)CNC(=O)CCNC(=O)CCOCC(C)(C)C)C(=O)NCCOCCOCCOCCOCCOCCOCCOCCOC)C(=O)O)Cc1ccccc1)OC)N(C)C(=O)[C@@H](NC(=O)[C@H](C(C)C)N(C)C)C(C)C. The predicted octanol–water partition coefficient (Wildman–Crippen LogP) is -1.75. The van der Waals surface area contributed by atoms with Gasteiger partial charge in [-0.15, -0.1) is 0 Å². The van der Waals surface area contributed by atoms with Crippen molar-refractivity contribution in [1.82, 2.24) is 83.8 Å². The minimum absolute atomic E-state index is 0.00954. The number of nitrogens with one attached hydrogen (secondary N) is 13. The lowest BCUT2D eigenvalue weighted by atomic mass is 9.89. The number of carboxylic acid groups (broad SMARTS) is 1. The Morgan fingerprint density at radius 3 is 1.54 bits per heavy atom. The van der Waals surface area contributed by atoms with Gasteiger partial charge >= 0.3 is 18.0 Å². The van der Waals surface area contributed by atoms with Gasteiger partial charge in [0.05, 0.1) is 194 Å². The number of methoxy groups -OCH3 is 3. The average molecular weight is 1980 g/mol. The summed E-state index contributed by atoms with van der Waals surface area (Å²) in [7, 11) is 9.98. The topological polar surface area (TPSA) is 579 Å². The van der Waals surface area contributed by atoms with Crippen LogP contribution in [0, 0.1) is 29.1 Å². The minimum Gasteiger partial charge on any atom is -0.480 e. The van der Waals surface area contributed by atoms with Gasteiger partial charge in [0.2, 0.25) is 76.8 Å². The van der Waals surface area contributed by atoms with Crippen molar-refractivity contribution in [3.8, 4) is 0 Å². The smallest absolute Gasteiger partial charge is 0.407 e. The highest BCUT2D eigenvalue weighted by molar-refractivity contribution is 5.94. The van der Waals surface area contributed by atoms with E-state index in [1.165, 1.54) is 21.1 Å². The van der Waals surface area contributed by atoms with Crippen LogP contribution in [0.15, 0.2) is 30.3 Å². The molecule has 14 amide bonds. The number of esters is 1. The molecule has 0 bridgehead atoms. The van der Waals surface area contributed by atoms with Crippen molar-refractivity contribution < 1.29 is 143 Å². The molecule has 1 heterocycles. The highest BCUT2D eigenvalue weighted by Gasteiger charge is 2.44. The highest BCUT2D eigenvalue weighted by Crippen LogP contribution is 2.30. The number of carbonyl (C=O) groups excluding carboxylic acids is 15. The summed E-state index contributed by atoms with van der Waals surface area (Å²) in [5.41, 5.74) is 0.880.